The lowest BCUT2D eigenvalue weighted by Crippen LogP contribution is -2.31. The van der Waals surface area contributed by atoms with E-state index in [1.165, 1.54) is 0 Å². The average molecular weight is 172 g/mol. The van der Waals surface area contributed by atoms with Crippen molar-refractivity contribution in [2.45, 2.75) is 13.5 Å². The first-order chi connectivity index (χ1) is 5.75. The maximum Gasteiger partial charge on any atom is 0.344 e. The molecule has 0 saturated carbocycles. The number of nitrogens with zero attached hydrogens (tertiary/aromatic N) is 1. The Balaban J connectivity index is 2.62. The molecule has 3 N–H and O–H groups in total. The van der Waals surface area contributed by atoms with Crippen LogP contribution in [0, 0.1) is 0 Å². The molecule has 1 aromatic heterocycles. The summed E-state index contributed by atoms with van der Waals surface area (Å²) in [6.45, 7) is 3.81. The number of aromatic nitrogens is 3. The first-order valence-corrected chi connectivity index (χ1v) is 3.84. The monoisotopic (exact) mass is 172 g/mol. The van der Waals surface area contributed by atoms with Crippen molar-refractivity contribution in [2.75, 3.05) is 13.1 Å². The maximum absolute atomic E-state index is 10.9. The average Bonchev–Trinajstić information content (AvgIpc) is 2.35. The van der Waals surface area contributed by atoms with Crippen LogP contribution in [0.2, 0.25) is 0 Å². The summed E-state index contributed by atoms with van der Waals surface area (Å²) in [5.41, 5.74) is -0.782. The van der Waals surface area contributed by atoms with E-state index in [0.717, 1.165) is 11.1 Å². The van der Waals surface area contributed by atoms with Crippen molar-refractivity contribution in [3.05, 3.63) is 21.0 Å². The van der Waals surface area contributed by atoms with Gasteiger partial charge < -0.3 is 5.32 Å². The van der Waals surface area contributed by atoms with Crippen molar-refractivity contribution >= 4 is 0 Å². The van der Waals surface area contributed by atoms with E-state index >= 15 is 0 Å². The molecule has 0 amide bonds. The predicted molar refractivity (Wildman–Crippen MR) is 44.2 cm³/mol. The lowest BCUT2D eigenvalue weighted by Gasteiger charge is -1.98. The van der Waals surface area contributed by atoms with Gasteiger partial charge in [0, 0.05) is 13.1 Å². The van der Waals surface area contributed by atoms with Crippen LogP contribution in [-0.4, -0.2) is 27.9 Å². The molecule has 0 fully saturated rings. The zero-order valence-electron chi connectivity index (χ0n) is 6.89. The van der Waals surface area contributed by atoms with Crippen LogP contribution in [0.25, 0.3) is 0 Å². The number of likely N-dealkylation sites (N-methyl/N-ethyl adjacent to an activating group) is 1. The number of hydrogen-bond donors (Lipinski definition) is 3. The van der Waals surface area contributed by atoms with Crippen LogP contribution in [0.5, 0.6) is 0 Å². The predicted octanol–water partition coefficient (Wildman–Crippen LogP) is -1.53. The molecule has 0 bridgehead atoms. The summed E-state index contributed by atoms with van der Waals surface area (Å²) in [5.74, 6) is 0. The van der Waals surface area contributed by atoms with Crippen molar-refractivity contribution < 1.29 is 0 Å². The zero-order valence-corrected chi connectivity index (χ0v) is 6.89. The molecule has 1 rings (SSSR count). The van der Waals surface area contributed by atoms with Gasteiger partial charge in [-0.25, -0.2) is 24.4 Å². The Morgan fingerprint density at radius 2 is 1.92 bits per heavy atom. The van der Waals surface area contributed by atoms with Crippen LogP contribution in [-0.2, 0) is 6.54 Å². The van der Waals surface area contributed by atoms with Crippen molar-refractivity contribution in [1.29, 1.82) is 0 Å². The Morgan fingerprint density at radius 3 is 2.42 bits per heavy atom. The highest BCUT2D eigenvalue weighted by Crippen LogP contribution is 1.66. The molecule has 6 heteroatoms. The topological polar surface area (TPSA) is 82.7 Å². The largest absolute Gasteiger partial charge is 0.344 e. The van der Waals surface area contributed by atoms with E-state index in [1.54, 1.807) is 0 Å². The Morgan fingerprint density at radius 1 is 1.33 bits per heavy atom. The van der Waals surface area contributed by atoms with Crippen LogP contribution in [0.1, 0.15) is 6.92 Å². The molecule has 68 valence electrons. The van der Waals surface area contributed by atoms with Crippen LogP contribution in [0.15, 0.2) is 9.59 Å². The molecule has 0 radical (unpaired) electrons. The molecule has 6 nitrogen and oxygen atoms in total. The summed E-state index contributed by atoms with van der Waals surface area (Å²) < 4.78 is 1.11. The van der Waals surface area contributed by atoms with E-state index in [-0.39, 0.29) is 0 Å². The fraction of sp³-hybridized carbons (Fsp3) is 0.667. The second kappa shape index (κ2) is 3.91. The van der Waals surface area contributed by atoms with Gasteiger partial charge in [0.2, 0.25) is 0 Å². The fourth-order valence-corrected chi connectivity index (χ4v) is 0.905. The highest BCUT2D eigenvalue weighted by Gasteiger charge is 1.99. The van der Waals surface area contributed by atoms with Crippen molar-refractivity contribution in [1.82, 2.24) is 20.1 Å². The second-order valence-electron chi connectivity index (χ2n) is 2.37. The Hall–Kier alpha value is -1.30. The van der Waals surface area contributed by atoms with E-state index in [2.05, 4.69) is 15.5 Å². The SMILES string of the molecule is CCNCCn1c(=O)[nH][nH]c1=O. The lowest BCUT2D eigenvalue weighted by molar-refractivity contribution is 0.588. The van der Waals surface area contributed by atoms with Gasteiger partial charge in [-0.05, 0) is 6.54 Å². The van der Waals surface area contributed by atoms with Gasteiger partial charge in [0.15, 0.2) is 0 Å². The molecule has 0 unspecified atom stereocenters. The van der Waals surface area contributed by atoms with E-state index in [9.17, 15) is 9.59 Å². The number of hydrogen-bond acceptors (Lipinski definition) is 3. The normalized spacial score (nSPS) is 10.4. The highest BCUT2D eigenvalue weighted by atomic mass is 16.2. The van der Waals surface area contributed by atoms with Crippen molar-refractivity contribution in [3.63, 3.8) is 0 Å². The van der Waals surface area contributed by atoms with Gasteiger partial charge in [0.05, 0.1) is 0 Å². The third-order valence-electron chi connectivity index (χ3n) is 1.53. The molecule has 0 aromatic carbocycles. The minimum Gasteiger partial charge on any atom is -0.315 e. The minimum absolute atomic E-state index is 0.391. The molecular formula is C6H12N4O2. The molecule has 0 saturated heterocycles. The van der Waals surface area contributed by atoms with Gasteiger partial charge in [-0.3, -0.25) is 0 Å². The van der Waals surface area contributed by atoms with Gasteiger partial charge in [-0.1, -0.05) is 6.92 Å². The maximum atomic E-state index is 10.9. The molecule has 0 aliphatic carbocycles. The Labute approximate surface area is 68.6 Å². The van der Waals surface area contributed by atoms with E-state index in [1.807, 2.05) is 6.92 Å². The first-order valence-electron chi connectivity index (χ1n) is 3.84. The Kier molecular flexibility index (Phi) is 2.87. The zero-order chi connectivity index (χ0) is 8.97. The second-order valence-corrected chi connectivity index (χ2v) is 2.37. The molecule has 0 spiro atoms. The molecular weight excluding hydrogens is 160 g/mol. The summed E-state index contributed by atoms with van der Waals surface area (Å²) in [5, 5.41) is 7.43. The smallest absolute Gasteiger partial charge is 0.315 e. The highest BCUT2D eigenvalue weighted by molar-refractivity contribution is 4.65. The van der Waals surface area contributed by atoms with Gasteiger partial charge in [0.1, 0.15) is 0 Å². The van der Waals surface area contributed by atoms with Crippen LogP contribution >= 0.6 is 0 Å². The third kappa shape index (κ3) is 1.85. The summed E-state index contributed by atoms with van der Waals surface area (Å²) in [6, 6.07) is 0. The van der Waals surface area contributed by atoms with E-state index in [4.69, 9.17) is 0 Å². The minimum atomic E-state index is -0.391. The quantitative estimate of drug-likeness (QED) is 0.482. The molecule has 0 atom stereocenters. The third-order valence-corrected chi connectivity index (χ3v) is 1.53. The van der Waals surface area contributed by atoms with Gasteiger partial charge in [-0.2, -0.15) is 0 Å². The molecule has 0 aliphatic heterocycles. The summed E-state index contributed by atoms with van der Waals surface area (Å²) in [4.78, 5) is 21.8. The number of rotatable bonds is 4. The summed E-state index contributed by atoms with van der Waals surface area (Å²) >= 11 is 0. The number of aromatic amines is 2. The molecule has 1 aromatic rings. The van der Waals surface area contributed by atoms with Gasteiger partial charge >= 0.3 is 11.4 Å². The van der Waals surface area contributed by atoms with Gasteiger partial charge in [0.25, 0.3) is 0 Å². The number of H-pyrrole nitrogens is 2. The Bertz CT molecular complexity index is 306. The van der Waals surface area contributed by atoms with Gasteiger partial charge in [-0.15, -0.1) is 0 Å². The van der Waals surface area contributed by atoms with Crippen LogP contribution in [0.4, 0.5) is 0 Å². The van der Waals surface area contributed by atoms with Crippen LogP contribution in [0.3, 0.4) is 0 Å². The lowest BCUT2D eigenvalue weighted by atomic mass is 10.6. The molecule has 12 heavy (non-hydrogen) atoms. The standard InChI is InChI=1S/C6H12N4O2/c1-2-7-3-4-10-5(11)8-9-6(10)12/h7H,2-4H2,1H3,(H,8,11)(H,9,12). The van der Waals surface area contributed by atoms with Crippen LogP contribution < -0.4 is 16.7 Å². The fourth-order valence-electron chi connectivity index (χ4n) is 0.905. The van der Waals surface area contributed by atoms with E-state index in [0.29, 0.717) is 13.1 Å². The summed E-state index contributed by atoms with van der Waals surface area (Å²) in [7, 11) is 0. The molecule has 1 heterocycles. The number of nitrogens with one attached hydrogen (secondary N) is 3. The molecule has 0 aliphatic rings. The first kappa shape index (κ1) is 8.79. The van der Waals surface area contributed by atoms with E-state index < -0.39 is 11.4 Å². The van der Waals surface area contributed by atoms with Crippen molar-refractivity contribution in [2.24, 2.45) is 0 Å². The van der Waals surface area contributed by atoms with Crippen molar-refractivity contribution in [3.8, 4) is 0 Å². The summed E-state index contributed by atoms with van der Waals surface area (Å²) in [6.07, 6.45) is 0.